The summed E-state index contributed by atoms with van der Waals surface area (Å²) in [7, 11) is 5.74. The Morgan fingerprint density at radius 2 is 2.11 bits per heavy atom. The Morgan fingerprint density at radius 3 is 2.22 bits per heavy atom. The van der Waals surface area contributed by atoms with Gasteiger partial charge < -0.3 is 9.33 Å². The second-order valence-electron chi connectivity index (χ2n) is 2.48. The Hall–Kier alpha value is 0.137. The lowest BCUT2D eigenvalue weighted by atomic mass is 10.4. The summed E-state index contributed by atoms with van der Waals surface area (Å²) in [6.07, 6.45) is 1.22. The highest BCUT2D eigenvalue weighted by atomic mass is 28.2. The highest BCUT2D eigenvalue weighted by molar-refractivity contribution is 6.29. The maximum atomic E-state index is 5.15. The van der Waals surface area contributed by atoms with Crippen LogP contribution in [0.4, 0.5) is 0 Å². The molecule has 2 nitrogen and oxygen atoms in total. The first-order chi connectivity index (χ1) is 4.22. The van der Waals surface area contributed by atoms with Crippen molar-refractivity contribution in [3.05, 3.63) is 0 Å². The first kappa shape index (κ1) is 9.14. The van der Waals surface area contributed by atoms with E-state index >= 15 is 0 Å². The third-order valence-electron chi connectivity index (χ3n) is 1.56. The smallest absolute Gasteiger partial charge is 0.177 e. The Balaban J connectivity index is 3.41. The molecule has 0 spiro atoms. The molecule has 0 heterocycles. The Labute approximate surface area is 60.1 Å². The fourth-order valence-corrected chi connectivity index (χ4v) is 1.74. The van der Waals surface area contributed by atoms with Crippen molar-refractivity contribution in [2.75, 3.05) is 21.2 Å². The van der Waals surface area contributed by atoms with Crippen LogP contribution in [0.15, 0.2) is 0 Å². The molecule has 3 heteroatoms. The predicted octanol–water partition coefficient (Wildman–Crippen LogP) is 0.0143. The summed E-state index contributed by atoms with van der Waals surface area (Å²) in [5, 5.41) is 0. The Bertz CT molecular complexity index is 68.1. The van der Waals surface area contributed by atoms with E-state index in [0.717, 1.165) is 5.67 Å². The molecule has 0 radical (unpaired) electrons. The molecule has 9 heavy (non-hydrogen) atoms. The SMILES string of the molecule is CCC([SiH2]OC)N(C)C. The quantitative estimate of drug-likeness (QED) is 0.520. The van der Waals surface area contributed by atoms with Gasteiger partial charge in [-0.1, -0.05) is 6.92 Å². The molecule has 0 aliphatic heterocycles. The van der Waals surface area contributed by atoms with Gasteiger partial charge in [0.1, 0.15) is 0 Å². The lowest BCUT2D eigenvalue weighted by molar-refractivity contribution is 0.323. The number of hydrogen-bond acceptors (Lipinski definition) is 2. The minimum Gasteiger partial charge on any atom is -0.426 e. The van der Waals surface area contributed by atoms with Crippen molar-refractivity contribution in [2.45, 2.75) is 19.0 Å². The van der Waals surface area contributed by atoms with Crippen molar-refractivity contribution < 1.29 is 4.43 Å². The second kappa shape index (κ2) is 4.96. The van der Waals surface area contributed by atoms with Crippen molar-refractivity contribution >= 4 is 9.76 Å². The normalized spacial score (nSPS) is 15.7. The van der Waals surface area contributed by atoms with Crippen LogP contribution in [0.5, 0.6) is 0 Å². The molecule has 0 amide bonds. The summed E-state index contributed by atoms with van der Waals surface area (Å²) in [6, 6.07) is 0. The third-order valence-corrected chi connectivity index (χ3v) is 3.59. The van der Waals surface area contributed by atoms with Gasteiger partial charge >= 0.3 is 0 Å². The molecule has 0 aromatic heterocycles. The molecular formula is C6H17NOSi. The maximum Gasteiger partial charge on any atom is 0.177 e. The van der Waals surface area contributed by atoms with Gasteiger partial charge in [-0.25, -0.2) is 0 Å². The minimum atomic E-state index is -0.286. The average molecular weight is 147 g/mol. The van der Waals surface area contributed by atoms with E-state index in [-0.39, 0.29) is 9.76 Å². The van der Waals surface area contributed by atoms with Gasteiger partial charge in [-0.05, 0) is 20.5 Å². The molecule has 0 fully saturated rings. The van der Waals surface area contributed by atoms with Crippen LogP contribution < -0.4 is 0 Å². The molecule has 0 N–H and O–H groups in total. The number of hydrogen-bond donors (Lipinski definition) is 0. The van der Waals surface area contributed by atoms with Crippen LogP contribution in [0.25, 0.3) is 0 Å². The molecule has 0 bridgehead atoms. The molecule has 0 saturated heterocycles. The molecular weight excluding hydrogens is 130 g/mol. The lowest BCUT2D eigenvalue weighted by Crippen LogP contribution is -2.33. The van der Waals surface area contributed by atoms with Gasteiger partial charge in [-0.15, -0.1) is 0 Å². The summed E-state index contributed by atoms with van der Waals surface area (Å²) in [5.41, 5.74) is 0.718. The van der Waals surface area contributed by atoms with E-state index in [9.17, 15) is 0 Å². The number of nitrogens with zero attached hydrogens (tertiary/aromatic N) is 1. The summed E-state index contributed by atoms with van der Waals surface area (Å²) in [4.78, 5) is 2.25. The zero-order chi connectivity index (χ0) is 7.28. The molecule has 0 rings (SSSR count). The number of rotatable bonds is 4. The third kappa shape index (κ3) is 3.67. The Morgan fingerprint density at radius 1 is 1.56 bits per heavy atom. The van der Waals surface area contributed by atoms with E-state index in [4.69, 9.17) is 4.43 Å². The van der Waals surface area contributed by atoms with E-state index in [1.54, 1.807) is 7.11 Å². The van der Waals surface area contributed by atoms with E-state index in [2.05, 4.69) is 25.9 Å². The summed E-state index contributed by atoms with van der Waals surface area (Å²) in [6.45, 7) is 2.21. The fourth-order valence-electron chi connectivity index (χ4n) is 0.824. The predicted molar refractivity (Wildman–Crippen MR) is 43.3 cm³/mol. The van der Waals surface area contributed by atoms with Crippen molar-refractivity contribution in [3.63, 3.8) is 0 Å². The molecule has 0 saturated carbocycles. The molecule has 0 aliphatic rings. The van der Waals surface area contributed by atoms with Gasteiger partial charge in [-0.3, -0.25) is 0 Å². The highest BCUT2D eigenvalue weighted by Crippen LogP contribution is 1.95. The second-order valence-corrected chi connectivity index (χ2v) is 4.33. The largest absolute Gasteiger partial charge is 0.426 e. The van der Waals surface area contributed by atoms with E-state index in [1.807, 2.05) is 0 Å². The fraction of sp³-hybridized carbons (Fsp3) is 1.00. The molecule has 0 aromatic rings. The highest BCUT2D eigenvalue weighted by Gasteiger charge is 2.07. The summed E-state index contributed by atoms with van der Waals surface area (Å²) >= 11 is 0. The van der Waals surface area contributed by atoms with E-state index in [1.165, 1.54) is 6.42 Å². The topological polar surface area (TPSA) is 12.5 Å². The monoisotopic (exact) mass is 147 g/mol. The van der Waals surface area contributed by atoms with Crippen LogP contribution in [0.1, 0.15) is 13.3 Å². The molecule has 56 valence electrons. The van der Waals surface area contributed by atoms with E-state index < -0.39 is 0 Å². The zero-order valence-electron chi connectivity index (χ0n) is 6.85. The van der Waals surface area contributed by atoms with E-state index in [0.29, 0.717) is 0 Å². The van der Waals surface area contributed by atoms with Crippen LogP contribution in [0.3, 0.4) is 0 Å². The molecule has 1 unspecified atom stereocenters. The van der Waals surface area contributed by atoms with Gasteiger partial charge in [0.2, 0.25) is 0 Å². The van der Waals surface area contributed by atoms with Crippen LogP contribution in [0, 0.1) is 0 Å². The van der Waals surface area contributed by atoms with Crippen molar-refractivity contribution in [2.24, 2.45) is 0 Å². The van der Waals surface area contributed by atoms with Gasteiger partial charge in [0.15, 0.2) is 9.76 Å². The van der Waals surface area contributed by atoms with Crippen LogP contribution in [-0.4, -0.2) is 41.5 Å². The molecule has 0 aromatic carbocycles. The zero-order valence-corrected chi connectivity index (χ0v) is 8.26. The Kier molecular flexibility index (Phi) is 5.04. The van der Waals surface area contributed by atoms with Crippen LogP contribution in [-0.2, 0) is 4.43 Å². The summed E-state index contributed by atoms with van der Waals surface area (Å²) < 4.78 is 5.15. The average Bonchev–Trinajstić information content (AvgIpc) is 1.82. The standard InChI is InChI=1S/C6H17NOSi/c1-5-6(7(2)3)9-8-4/h6H,5,9H2,1-4H3. The summed E-state index contributed by atoms with van der Waals surface area (Å²) in [5.74, 6) is 0. The van der Waals surface area contributed by atoms with Crippen molar-refractivity contribution in [3.8, 4) is 0 Å². The molecule has 1 atom stereocenters. The first-order valence-electron chi connectivity index (χ1n) is 3.37. The van der Waals surface area contributed by atoms with Gasteiger partial charge in [0, 0.05) is 12.8 Å². The van der Waals surface area contributed by atoms with Gasteiger partial charge in [0.25, 0.3) is 0 Å². The van der Waals surface area contributed by atoms with Crippen molar-refractivity contribution in [1.29, 1.82) is 0 Å². The van der Waals surface area contributed by atoms with Crippen LogP contribution >= 0.6 is 0 Å². The maximum absolute atomic E-state index is 5.15. The van der Waals surface area contributed by atoms with Crippen molar-refractivity contribution in [1.82, 2.24) is 4.90 Å². The lowest BCUT2D eigenvalue weighted by Gasteiger charge is -2.20. The van der Waals surface area contributed by atoms with Crippen LogP contribution in [0.2, 0.25) is 0 Å². The first-order valence-corrected chi connectivity index (χ1v) is 4.77. The van der Waals surface area contributed by atoms with Gasteiger partial charge in [-0.2, -0.15) is 0 Å². The molecule has 0 aliphatic carbocycles. The van der Waals surface area contributed by atoms with Gasteiger partial charge in [0.05, 0.1) is 0 Å². The minimum absolute atomic E-state index is 0.286.